The maximum atomic E-state index is 13.9. The molecule has 0 saturated heterocycles. The van der Waals surface area contributed by atoms with Gasteiger partial charge in [-0.15, -0.1) is 0 Å². The molecule has 0 unspecified atom stereocenters. The number of nitro groups is 1. The first-order chi connectivity index (χ1) is 16.4. The summed E-state index contributed by atoms with van der Waals surface area (Å²) in [6.45, 7) is 4.47. The number of rotatable bonds is 11. The first kappa shape index (κ1) is 24.8. The predicted octanol–water partition coefficient (Wildman–Crippen LogP) is 4.07. The van der Waals surface area contributed by atoms with Crippen LogP contribution < -0.4 is 11.2 Å². The normalized spacial score (nSPS) is 11.4. The highest BCUT2D eigenvalue weighted by Gasteiger charge is 2.26. The van der Waals surface area contributed by atoms with Gasteiger partial charge in [0.05, 0.1) is 17.7 Å². The Morgan fingerprint density at radius 2 is 1.74 bits per heavy atom. The number of hydrogen-bond acceptors (Lipinski definition) is 5. The molecular weight excluding hydrogens is 441 g/mol. The van der Waals surface area contributed by atoms with Crippen LogP contribution in [-0.4, -0.2) is 23.8 Å². The Morgan fingerprint density at radius 3 is 2.38 bits per heavy atom. The Hall–Kier alpha value is -3.82. The molecule has 0 aliphatic rings. The number of aromatic nitrogens is 4. The van der Waals surface area contributed by atoms with Gasteiger partial charge in [-0.05, 0) is 31.1 Å². The van der Waals surface area contributed by atoms with Gasteiger partial charge in [0.15, 0.2) is 0 Å². The number of halogens is 1. The molecule has 2 heterocycles. The summed E-state index contributed by atoms with van der Waals surface area (Å²) in [5.74, 6) is -0.339. The fraction of sp³-hybridized carbons (Fsp3) is 0.375. The molecule has 0 atom stereocenters. The highest BCUT2D eigenvalue weighted by atomic mass is 19.1. The molecule has 0 aliphatic carbocycles. The van der Waals surface area contributed by atoms with E-state index in [1.165, 1.54) is 22.9 Å². The summed E-state index contributed by atoms with van der Waals surface area (Å²) in [4.78, 5) is 37.0. The summed E-state index contributed by atoms with van der Waals surface area (Å²) >= 11 is 0. The average Bonchev–Trinajstić information content (AvgIpc) is 3.25. The van der Waals surface area contributed by atoms with Crippen molar-refractivity contribution in [2.75, 3.05) is 0 Å². The van der Waals surface area contributed by atoms with Crippen LogP contribution >= 0.6 is 0 Å². The minimum atomic E-state index is -0.897. The molecule has 10 heteroatoms. The van der Waals surface area contributed by atoms with Crippen LogP contribution in [0.2, 0.25) is 0 Å². The summed E-state index contributed by atoms with van der Waals surface area (Å²) in [5.41, 5.74) is -1.04. The molecule has 1 aromatic carbocycles. The minimum absolute atomic E-state index is 0.0388. The van der Waals surface area contributed by atoms with E-state index in [1.807, 2.05) is 13.8 Å². The van der Waals surface area contributed by atoms with Crippen LogP contribution in [0.15, 0.2) is 46.2 Å². The summed E-state index contributed by atoms with van der Waals surface area (Å²) in [7, 11) is 0. The van der Waals surface area contributed by atoms with Crippen molar-refractivity contribution in [3.05, 3.63) is 90.2 Å². The number of hydrogen-bond donors (Lipinski definition) is 0. The number of unbranched alkanes of at least 4 members (excludes halogenated alkanes) is 2. The number of benzene rings is 1. The maximum absolute atomic E-state index is 13.9. The second-order valence-electron chi connectivity index (χ2n) is 7.99. The second kappa shape index (κ2) is 11.4. The molecule has 0 N–H and O–H groups in total. The van der Waals surface area contributed by atoms with E-state index >= 15 is 0 Å². The van der Waals surface area contributed by atoms with E-state index in [1.54, 1.807) is 35.2 Å². The van der Waals surface area contributed by atoms with Crippen LogP contribution in [-0.2, 0) is 19.6 Å². The van der Waals surface area contributed by atoms with Crippen molar-refractivity contribution in [2.45, 2.75) is 59.2 Å². The number of nitrogens with zero attached hydrogens (tertiary/aromatic N) is 5. The zero-order valence-electron chi connectivity index (χ0n) is 19.3. The third-order valence-corrected chi connectivity index (χ3v) is 5.47. The van der Waals surface area contributed by atoms with Gasteiger partial charge in [-0.3, -0.25) is 28.7 Å². The highest BCUT2D eigenvalue weighted by molar-refractivity contribution is 5.71. The lowest BCUT2D eigenvalue weighted by Gasteiger charge is -2.13. The average molecular weight is 470 g/mol. The van der Waals surface area contributed by atoms with Crippen LogP contribution in [0, 0.1) is 15.9 Å². The third kappa shape index (κ3) is 5.56. The third-order valence-electron chi connectivity index (χ3n) is 5.47. The molecule has 180 valence electrons. The van der Waals surface area contributed by atoms with E-state index in [0.717, 1.165) is 17.4 Å². The van der Waals surface area contributed by atoms with Crippen LogP contribution in [0.5, 0.6) is 0 Å². The van der Waals surface area contributed by atoms with Crippen molar-refractivity contribution in [1.82, 2.24) is 18.9 Å². The molecule has 34 heavy (non-hydrogen) atoms. The van der Waals surface area contributed by atoms with Crippen LogP contribution in [0.1, 0.15) is 56.4 Å². The quantitative estimate of drug-likeness (QED) is 0.311. The van der Waals surface area contributed by atoms with E-state index < -0.39 is 21.9 Å². The zero-order chi connectivity index (χ0) is 24.7. The predicted molar refractivity (Wildman–Crippen MR) is 128 cm³/mol. The first-order valence-electron chi connectivity index (χ1n) is 11.3. The fourth-order valence-electron chi connectivity index (χ4n) is 3.62. The molecule has 0 spiro atoms. The van der Waals surface area contributed by atoms with E-state index in [2.05, 4.69) is 5.10 Å². The lowest BCUT2D eigenvalue weighted by molar-refractivity contribution is -0.387. The smallest absolute Gasteiger partial charge is 0.287 e. The van der Waals surface area contributed by atoms with Gasteiger partial charge in [0.25, 0.3) is 0 Å². The van der Waals surface area contributed by atoms with E-state index in [-0.39, 0.29) is 31.1 Å². The van der Waals surface area contributed by atoms with Gasteiger partial charge in [0.1, 0.15) is 11.5 Å². The van der Waals surface area contributed by atoms with Crippen LogP contribution in [0.25, 0.3) is 12.2 Å². The standard InChI is InChI=1S/C24H28FN5O4/c1-3-5-13-28-21(22(30(33)34)23(31)29(24(28)32)14-6-4-2)12-11-18-15-26-27(16-18)17-19-9-7-8-10-20(19)25/h7-12,15-16H,3-6,13-14,17H2,1-2H3/b12-11+. The Kier molecular flexibility index (Phi) is 8.29. The molecule has 0 saturated carbocycles. The first-order valence-corrected chi connectivity index (χ1v) is 11.3. The van der Waals surface area contributed by atoms with E-state index in [4.69, 9.17) is 0 Å². The maximum Gasteiger partial charge on any atom is 0.357 e. The lowest BCUT2D eigenvalue weighted by Crippen LogP contribution is -2.42. The monoisotopic (exact) mass is 469 g/mol. The summed E-state index contributed by atoms with van der Waals surface area (Å²) in [6, 6.07) is 6.38. The van der Waals surface area contributed by atoms with Gasteiger partial charge < -0.3 is 0 Å². The highest BCUT2D eigenvalue weighted by Crippen LogP contribution is 2.17. The molecule has 9 nitrogen and oxygen atoms in total. The van der Waals surface area contributed by atoms with Gasteiger partial charge in [-0.25, -0.2) is 9.18 Å². The van der Waals surface area contributed by atoms with Gasteiger partial charge in [0.2, 0.25) is 0 Å². The molecule has 2 aromatic heterocycles. The Labute approximate surface area is 195 Å². The molecule has 0 fully saturated rings. The molecule has 3 aromatic rings. The summed E-state index contributed by atoms with van der Waals surface area (Å²) in [6.07, 6.45) is 8.87. The van der Waals surface area contributed by atoms with Crippen molar-refractivity contribution in [2.24, 2.45) is 0 Å². The largest absolute Gasteiger partial charge is 0.357 e. The fourth-order valence-corrected chi connectivity index (χ4v) is 3.62. The van der Waals surface area contributed by atoms with E-state index in [9.17, 15) is 24.1 Å². The molecule has 0 radical (unpaired) electrons. The molecule has 0 amide bonds. The Morgan fingerprint density at radius 1 is 1.06 bits per heavy atom. The Bertz CT molecular complexity index is 1310. The molecule has 3 rings (SSSR count). The summed E-state index contributed by atoms with van der Waals surface area (Å²) < 4.78 is 17.7. The topological polar surface area (TPSA) is 105 Å². The zero-order valence-corrected chi connectivity index (χ0v) is 19.3. The van der Waals surface area contributed by atoms with Gasteiger partial charge in [0, 0.05) is 30.4 Å². The van der Waals surface area contributed by atoms with Crippen molar-refractivity contribution in [3.63, 3.8) is 0 Å². The lowest BCUT2D eigenvalue weighted by atomic mass is 10.2. The van der Waals surface area contributed by atoms with Crippen molar-refractivity contribution in [3.8, 4) is 0 Å². The van der Waals surface area contributed by atoms with Crippen LogP contribution in [0.3, 0.4) is 0 Å². The molecular formula is C24H28FN5O4. The summed E-state index contributed by atoms with van der Waals surface area (Å²) in [5, 5.41) is 16.1. The van der Waals surface area contributed by atoms with Crippen molar-refractivity contribution < 1.29 is 9.31 Å². The van der Waals surface area contributed by atoms with E-state index in [0.29, 0.717) is 24.0 Å². The van der Waals surface area contributed by atoms with Crippen molar-refractivity contribution in [1.29, 1.82) is 0 Å². The molecule has 0 bridgehead atoms. The minimum Gasteiger partial charge on any atom is -0.287 e. The van der Waals surface area contributed by atoms with Gasteiger partial charge in [-0.2, -0.15) is 5.10 Å². The van der Waals surface area contributed by atoms with Gasteiger partial charge >= 0.3 is 16.9 Å². The Balaban J connectivity index is 2.02. The SMILES string of the molecule is CCCCn1c(/C=C/c2cnn(Cc3ccccc3F)c2)c([N+](=O)[O-])c(=O)n(CCCC)c1=O. The van der Waals surface area contributed by atoms with Crippen molar-refractivity contribution >= 4 is 17.8 Å². The van der Waals surface area contributed by atoms with Gasteiger partial charge in [-0.1, -0.05) is 44.9 Å². The second-order valence-corrected chi connectivity index (χ2v) is 7.99. The van der Waals surface area contributed by atoms with Crippen LogP contribution in [0.4, 0.5) is 10.1 Å². The molecule has 0 aliphatic heterocycles.